The van der Waals surface area contributed by atoms with Crippen LogP contribution in [-0.2, 0) is 15.5 Å². The number of benzene rings is 1. The molecule has 0 spiro atoms. The highest BCUT2D eigenvalue weighted by Crippen LogP contribution is 2.24. The van der Waals surface area contributed by atoms with Gasteiger partial charge in [0.05, 0.1) is 5.75 Å². The van der Waals surface area contributed by atoms with Gasteiger partial charge >= 0.3 is 0 Å². The van der Waals surface area contributed by atoms with Crippen LogP contribution < -0.4 is 0 Å². The van der Waals surface area contributed by atoms with Crippen molar-refractivity contribution in [1.82, 2.24) is 0 Å². The molecule has 0 aliphatic carbocycles. The summed E-state index contributed by atoms with van der Waals surface area (Å²) in [6, 6.07) is 5.55. The second-order valence-corrected chi connectivity index (χ2v) is 7.32. The third kappa shape index (κ3) is 4.32. The maximum absolute atomic E-state index is 10.9. The van der Waals surface area contributed by atoms with E-state index < -0.39 is 9.05 Å². The summed E-state index contributed by atoms with van der Waals surface area (Å²) >= 11 is 5.89. The van der Waals surface area contributed by atoms with Crippen molar-refractivity contribution in [3.05, 3.63) is 34.3 Å². The summed E-state index contributed by atoms with van der Waals surface area (Å²) in [4.78, 5) is 0. The molecule has 1 aromatic carbocycles. The second-order valence-electron chi connectivity index (χ2n) is 3.99. The first kappa shape index (κ1) is 13.8. The molecule has 0 saturated carbocycles. The smallest absolute Gasteiger partial charge is 0.212 e. The molecule has 1 aromatic rings. The number of rotatable bonds is 4. The molecule has 0 saturated heterocycles. The molecule has 0 amide bonds. The first-order valence-electron chi connectivity index (χ1n) is 5.00. The predicted molar refractivity (Wildman–Crippen MR) is 68.9 cm³/mol. The Hall–Kier alpha value is -0.250. The Morgan fingerprint density at radius 3 is 2.44 bits per heavy atom. The molecule has 0 N–H and O–H groups in total. The summed E-state index contributed by atoms with van der Waals surface area (Å²) in [6.45, 7) is 4.11. The van der Waals surface area contributed by atoms with Crippen molar-refractivity contribution in [3.8, 4) is 0 Å². The average Bonchev–Trinajstić information content (AvgIpc) is 2.13. The van der Waals surface area contributed by atoms with Crippen LogP contribution in [0.2, 0.25) is 5.02 Å². The summed E-state index contributed by atoms with van der Waals surface area (Å²) in [7, 11) is 1.75. The van der Waals surface area contributed by atoms with Crippen LogP contribution in [0.5, 0.6) is 0 Å². The lowest BCUT2D eigenvalue weighted by atomic mass is 9.96. The summed E-state index contributed by atoms with van der Waals surface area (Å²) in [6.07, 6.45) is 0.403. The molecule has 0 heterocycles. The van der Waals surface area contributed by atoms with Gasteiger partial charge in [-0.05, 0) is 35.6 Å². The van der Waals surface area contributed by atoms with Crippen molar-refractivity contribution in [1.29, 1.82) is 0 Å². The quantitative estimate of drug-likeness (QED) is 0.790. The molecular weight excluding hydrogens is 267 g/mol. The van der Waals surface area contributed by atoms with Gasteiger partial charge in [0.1, 0.15) is 0 Å². The zero-order chi connectivity index (χ0) is 12.3. The van der Waals surface area contributed by atoms with Crippen LogP contribution in [0, 0.1) is 0 Å². The Morgan fingerprint density at radius 2 is 1.94 bits per heavy atom. The fraction of sp³-hybridized carbons (Fsp3) is 0.455. The highest BCUT2D eigenvalue weighted by atomic mass is 35.7. The Morgan fingerprint density at radius 1 is 1.31 bits per heavy atom. The van der Waals surface area contributed by atoms with E-state index in [1.165, 1.54) is 0 Å². The minimum absolute atomic E-state index is 0.0609. The highest BCUT2D eigenvalue weighted by Gasteiger charge is 2.11. The van der Waals surface area contributed by atoms with E-state index in [9.17, 15) is 8.42 Å². The fourth-order valence-corrected chi connectivity index (χ4v) is 2.48. The van der Waals surface area contributed by atoms with Crippen molar-refractivity contribution in [2.45, 2.75) is 26.2 Å². The van der Waals surface area contributed by atoms with E-state index in [4.69, 9.17) is 22.3 Å². The van der Waals surface area contributed by atoms with Gasteiger partial charge in [-0.3, -0.25) is 0 Å². The molecular formula is C11H14Cl2O2S. The Balaban J connectivity index is 2.97. The second kappa shape index (κ2) is 5.39. The SMILES string of the molecule is CC(C)c1ccc(Cl)cc1CCS(=O)(=O)Cl. The van der Waals surface area contributed by atoms with Crippen LogP contribution in [0.15, 0.2) is 18.2 Å². The van der Waals surface area contributed by atoms with Gasteiger partial charge in [-0.2, -0.15) is 0 Å². The van der Waals surface area contributed by atoms with Crippen molar-refractivity contribution >= 4 is 31.3 Å². The Kier molecular flexibility index (Phi) is 4.65. The van der Waals surface area contributed by atoms with E-state index in [0.717, 1.165) is 11.1 Å². The monoisotopic (exact) mass is 280 g/mol. The van der Waals surface area contributed by atoms with Crippen molar-refractivity contribution in [2.24, 2.45) is 0 Å². The van der Waals surface area contributed by atoms with Gasteiger partial charge in [-0.25, -0.2) is 8.42 Å². The number of hydrogen-bond acceptors (Lipinski definition) is 2. The van der Waals surface area contributed by atoms with E-state index in [-0.39, 0.29) is 5.75 Å². The Bertz CT molecular complexity index is 467. The lowest BCUT2D eigenvalue weighted by Crippen LogP contribution is -2.04. The highest BCUT2D eigenvalue weighted by molar-refractivity contribution is 8.13. The maximum atomic E-state index is 10.9. The molecule has 0 bridgehead atoms. The topological polar surface area (TPSA) is 34.1 Å². The van der Waals surface area contributed by atoms with Gasteiger partial charge in [0, 0.05) is 15.7 Å². The first-order valence-corrected chi connectivity index (χ1v) is 7.86. The molecule has 1 rings (SSSR count). The van der Waals surface area contributed by atoms with Gasteiger partial charge in [0.25, 0.3) is 0 Å². The van der Waals surface area contributed by atoms with Gasteiger partial charge in [-0.15, -0.1) is 0 Å². The summed E-state index contributed by atoms with van der Waals surface area (Å²) in [5, 5.41) is 0.617. The van der Waals surface area contributed by atoms with Gasteiger partial charge < -0.3 is 0 Å². The molecule has 16 heavy (non-hydrogen) atoms. The number of hydrogen-bond donors (Lipinski definition) is 0. The predicted octanol–water partition coefficient (Wildman–Crippen LogP) is 3.57. The zero-order valence-corrected chi connectivity index (χ0v) is 11.5. The van der Waals surface area contributed by atoms with E-state index in [1.807, 2.05) is 12.1 Å². The fourth-order valence-electron chi connectivity index (χ4n) is 1.59. The van der Waals surface area contributed by atoms with Crippen LogP contribution in [0.4, 0.5) is 0 Å². The maximum Gasteiger partial charge on any atom is 0.232 e. The lowest BCUT2D eigenvalue weighted by molar-refractivity contribution is 0.608. The van der Waals surface area contributed by atoms with Crippen LogP contribution >= 0.6 is 22.3 Å². The molecule has 0 fully saturated rings. The molecule has 5 heteroatoms. The van der Waals surface area contributed by atoms with E-state index >= 15 is 0 Å². The lowest BCUT2D eigenvalue weighted by Gasteiger charge is -2.12. The van der Waals surface area contributed by atoms with Crippen molar-refractivity contribution in [2.75, 3.05) is 5.75 Å². The van der Waals surface area contributed by atoms with Crippen LogP contribution in [-0.4, -0.2) is 14.2 Å². The van der Waals surface area contributed by atoms with Crippen molar-refractivity contribution < 1.29 is 8.42 Å². The minimum atomic E-state index is -3.45. The van der Waals surface area contributed by atoms with Gasteiger partial charge in [-0.1, -0.05) is 31.5 Å². The molecule has 0 aromatic heterocycles. The van der Waals surface area contributed by atoms with Crippen LogP contribution in [0.3, 0.4) is 0 Å². The molecule has 2 nitrogen and oxygen atoms in total. The normalized spacial score (nSPS) is 12.1. The van der Waals surface area contributed by atoms with Crippen molar-refractivity contribution in [3.63, 3.8) is 0 Å². The molecule has 0 aliphatic rings. The van der Waals surface area contributed by atoms with E-state index in [0.29, 0.717) is 17.4 Å². The van der Waals surface area contributed by atoms with E-state index in [2.05, 4.69) is 13.8 Å². The third-order valence-electron chi connectivity index (χ3n) is 2.34. The summed E-state index contributed by atoms with van der Waals surface area (Å²) < 4.78 is 21.8. The summed E-state index contributed by atoms with van der Waals surface area (Å²) in [5.41, 5.74) is 2.07. The van der Waals surface area contributed by atoms with Gasteiger partial charge in [0.2, 0.25) is 9.05 Å². The number of halogens is 2. The largest absolute Gasteiger partial charge is 0.232 e. The molecule has 90 valence electrons. The minimum Gasteiger partial charge on any atom is -0.212 e. The van der Waals surface area contributed by atoms with E-state index in [1.54, 1.807) is 6.07 Å². The average molecular weight is 281 g/mol. The third-order valence-corrected chi connectivity index (χ3v) is 3.73. The zero-order valence-electron chi connectivity index (χ0n) is 9.20. The molecule has 0 unspecified atom stereocenters. The van der Waals surface area contributed by atoms with Gasteiger partial charge in [0.15, 0.2) is 0 Å². The molecule has 0 radical (unpaired) electrons. The molecule has 0 atom stereocenters. The Labute approximate surface area is 106 Å². The summed E-state index contributed by atoms with van der Waals surface area (Å²) in [5.74, 6) is 0.277. The molecule has 0 aliphatic heterocycles. The van der Waals surface area contributed by atoms with Crippen LogP contribution in [0.25, 0.3) is 0 Å². The standard InChI is InChI=1S/C11H14Cl2O2S/c1-8(2)11-4-3-10(12)7-9(11)5-6-16(13,14)15/h3-4,7-8H,5-6H2,1-2H3. The van der Waals surface area contributed by atoms with Crippen LogP contribution in [0.1, 0.15) is 30.9 Å². The first-order chi connectivity index (χ1) is 7.29. The number of aryl methyl sites for hydroxylation is 1.